The van der Waals surface area contributed by atoms with Crippen LogP contribution in [0.1, 0.15) is 33.3 Å². The highest BCUT2D eigenvalue weighted by atomic mass is 79.9. The molecule has 3 heterocycles. The van der Waals surface area contributed by atoms with Gasteiger partial charge >= 0.3 is 7.12 Å². The van der Waals surface area contributed by atoms with Gasteiger partial charge in [0.1, 0.15) is 11.4 Å². The Morgan fingerprint density at radius 3 is 2.34 bits per heavy atom. The summed E-state index contributed by atoms with van der Waals surface area (Å²) in [7, 11) is -1.04. The number of halogens is 2. The first kappa shape index (κ1) is 20.5. The van der Waals surface area contributed by atoms with Gasteiger partial charge in [0, 0.05) is 11.8 Å². The molecular formula is C21H21BBrFN2O2S. The third-order valence-electron chi connectivity index (χ3n) is 5.34. The van der Waals surface area contributed by atoms with Crippen molar-refractivity contribution in [1.82, 2.24) is 9.78 Å². The molecule has 150 valence electrons. The highest BCUT2D eigenvalue weighted by molar-refractivity contribution is 9.11. The monoisotopic (exact) mass is 474 g/mol. The molecule has 0 amide bonds. The number of thiophene rings is 1. The van der Waals surface area contributed by atoms with E-state index in [4.69, 9.17) is 14.4 Å². The average Bonchev–Trinajstić information content (AvgIpc) is 3.32. The minimum atomic E-state index is -1.04. The van der Waals surface area contributed by atoms with Gasteiger partial charge in [-0.25, -0.2) is 9.07 Å². The van der Waals surface area contributed by atoms with Crippen molar-refractivity contribution in [2.24, 2.45) is 0 Å². The van der Waals surface area contributed by atoms with E-state index in [0.29, 0.717) is 11.3 Å². The quantitative estimate of drug-likeness (QED) is 0.416. The van der Waals surface area contributed by atoms with Crippen LogP contribution in [0.3, 0.4) is 0 Å². The average molecular weight is 475 g/mol. The van der Waals surface area contributed by atoms with Crippen molar-refractivity contribution in [1.29, 1.82) is 0 Å². The maximum atomic E-state index is 15.2. The van der Waals surface area contributed by atoms with Gasteiger partial charge < -0.3 is 9.31 Å². The molecule has 1 aliphatic rings. The number of para-hydroxylation sites is 1. The molecule has 4 rings (SSSR count). The molecule has 0 aliphatic carbocycles. The second kappa shape index (κ2) is 7.50. The molecule has 0 N–H and O–H groups in total. The standard InChI is InChI=1S/C21H21BBrFN2O2S/c1-20(2)21(3,4)28-22(27-20)17(24)12-14-13-26(15-8-6-5-7-9-15)25-19(14)16-10-11-18(23)29-16/h5-13H,1-4H3. The van der Waals surface area contributed by atoms with E-state index < -0.39 is 24.0 Å². The molecule has 0 radical (unpaired) electrons. The van der Waals surface area contributed by atoms with Crippen LogP contribution >= 0.6 is 27.3 Å². The van der Waals surface area contributed by atoms with Crippen molar-refractivity contribution in [2.75, 3.05) is 0 Å². The Morgan fingerprint density at radius 1 is 1.10 bits per heavy atom. The zero-order valence-electron chi connectivity index (χ0n) is 16.6. The lowest BCUT2D eigenvalue weighted by Crippen LogP contribution is -2.41. The molecule has 0 bridgehead atoms. The van der Waals surface area contributed by atoms with Gasteiger partial charge in [-0.15, -0.1) is 11.3 Å². The maximum absolute atomic E-state index is 15.2. The molecular weight excluding hydrogens is 454 g/mol. The third-order valence-corrected chi connectivity index (χ3v) is 6.97. The lowest BCUT2D eigenvalue weighted by molar-refractivity contribution is 0.00578. The normalized spacial score (nSPS) is 18.4. The Labute approximate surface area is 182 Å². The number of hydrogen-bond acceptors (Lipinski definition) is 4. The summed E-state index contributed by atoms with van der Waals surface area (Å²) in [6.07, 6.45) is 3.28. The van der Waals surface area contributed by atoms with Crippen molar-refractivity contribution in [2.45, 2.75) is 38.9 Å². The molecule has 29 heavy (non-hydrogen) atoms. The molecule has 0 atom stereocenters. The van der Waals surface area contributed by atoms with E-state index in [1.807, 2.05) is 76.4 Å². The summed E-state index contributed by atoms with van der Waals surface area (Å²) < 4.78 is 29.6. The summed E-state index contributed by atoms with van der Waals surface area (Å²) in [6.45, 7) is 7.62. The molecule has 1 fully saturated rings. The fourth-order valence-electron chi connectivity index (χ4n) is 3.01. The fraction of sp³-hybridized carbons (Fsp3) is 0.286. The summed E-state index contributed by atoms with van der Waals surface area (Å²) in [4.78, 5) is 0.944. The Balaban J connectivity index is 1.74. The van der Waals surface area contributed by atoms with Crippen LogP contribution < -0.4 is 0 Å². The number of aromatic nitrogens is 2. The highest BCUT2D eigenvalue weighted by Crippen LogP contribution is 2.40. The lowest BCUT2D eigenvalue weighted by Gasteiger charge is -2.32. The minimum Gasteiger partial charge on any atom is -0.398 e. The number of rotatable bonds is 4. The van der Waals surface area contributed by atoms with Crippen LogP contribution in [0.2, 0.25) is 0 Å². The first-order valence-corrected chi connectivity index (χ1v) is 10.9. The van der Waals surface area contributed by atoms with Gasteiger partial charge in [-0.05, 0) is 74.0 Å². The SMILES string of the molecule is CC1(C)OB(C(F)=Cc2cn(-c3ccccc3)nc2-c2ccc(Br)s2)OC1(C)C. The van der Waals surface area contributed by atoms with Crippen molar-refractivity contribution in [3.63, 3.8) is 0 Å². The van der Waals surface area contributed by atoms with Crippen LogP contribution in [0.4, 0.5) is 4.39 Å². The summed E-state index contributed by atoms with van der Waals surface area (Å²) in [5, 5.41) is 4.71. The predicted molar refractivity (Wildman–Crippen MR) is 120 cm³/mol. The summed E-state index contributed by atoms with van der Waals surface area (Å²) in [6, 6.07) is 13.7. The summed E-state index contributed by atoms with van der Waals surface area (Å²) in [5.74, 6) is 0. The zero-order valence-corrected chi connectivity index (χ0v) is 19.1. The van der Waals surface area contributed by atoms with Gasteiger partial charge in [0.2, 0.25) is 0 Å². The fourth-order valence-corrected chi connectivity index (χ4v) is 4.40. The first-order valence-electron chi connectivity index (χ1n) is 9.30. The van der Waals surface area contributed by atoms with Gasteiger partial charge in [-0.1, -0.05) is 18.2 Å². The summed E-state index contributed by atoms with van der Waals surface area (Å²) >= 11 is 5.04. The van der Waals surface area contributed by atoms with Crippen LogP contribution in [0.15, 0.2) is 58.2 Å². The van der Waals surface area contributed by atoms with E-state index in [1.165, 1.54) is 6.08 Å². The molecule has 1 saturated heterocycles. The molecule has 0 spiro atoms. The topological polar surface area (TPSA) is 36.3 Å². The Morgan fingerprint density at radius 2 is 1.76 bits per heavy atom. The predicted octanol–water partition coefficient (Wildman–Crippen LogP) is 6.31. The molecule has 0 saturated carbocycles. The molecule has 1 aliphatic heterocycles. The highest BCUT2D eigenvalue weighted by Gasteiger charge is 2.53. The van der Waals surface area contributed by atoms with Gasteiger partial charge in [0.05, 0.1) is 25.6 Å². The van der Waals surface area contributed by atoms with E-state index in [0.717, 1.165) is 14.4 Å². The smallest absolute Gasteiger partial charge is 0.398 e. The third kappa shape index (κ3) is 3.99. The molecule has 2 aromatic heterocycles. The largest absolute Gasteiger partial charge is 0.525 e. The first-order chi connectivity index (χ1) is 13.7. The maximum Gasteiger partial charge on any atom is 0.525 e. The van der Waals surface area contributed by atoms with Gasteiger partial charge in [-0.3, -0.25) is 0 Å². The van der Waals surface area contributed by atoms with E-state index in [9.17, 15) is 0 Å². The van der Waals surface area contributed by atoms with Crippen LogP contribution in [0.25, 0.3) is 22.3 Å². The lowest BCUT2D eigenvalue weighted by atomic mass is 9.87. The molecule has 4 nitrogen and oxygen atoms in total. The van der Waals surface area contributed by atoms with Crippen LogP contribution in [0.5, 0.6) is 0 Å². The second-order valence-corrected chi connectivity index (χ2v) is 10.4. The van der Waals surface area contributed by atoms with Crippen molar-refractivity contribution >= 4 is 40.5 Å². The van der Waals surface area contributed by atoms with Crippen molar-refractivity contribution in [3.05, 3.63) is 63.7 Å². The molecule has 0 unspecified atom stereocenters. The van der Waals surface area contributed by atoms with Crippen molar-refractivity contribution < 1.29 is 13.7 Å². The Kier molecular flexibility index (Phi) is 5.31. The van der Waals surface area contributed by atoms with E-state index in [1.54, 1.807) is 16.0 Å². The second-order valence-electron chi connectivity index (χ2n) is 7.93. The minimum absolute atomic E-state index is 0.479. The van der Waals surface area contributed by atoms with E-state index >= 15 is 4.39 Å². The summed E-state index contributed by atoms with van der Waals surface area (Å²) in [5.41, 5.74) is 0.594. The van der Waals surface area contributed by atoms with Gasteiger partial charge in [-0.2, -0.15) is 5.10 Å². The number of benzene rings is 1. The number of nitrogens with zero attached hydrogens (tertiary/aromatic N) is 2. The number of hydrogen-bond donors (Lipinski definition) is 0. The van der Waals surface area contributed by atoms with E-state index in [-0.39, 0.29) is 0 Å². The van der Waals surface area contributed by atoms with Crippen LogP contribution in [0, 0.1) is 0 Å². The van der Waals surface area contributed by atoms with Crippen LogP contribution in [-0.2, 0) is 9.31 Å². The van der Waals surface area contributed by atoms with Crippen molar-refractivity contribution in [3.8, 4) is 16.3 Å². The molecule has 1 aromatic carbocycles. The molecule has 8 heteroatoms. The molecule has 3 aromatic rings. The zero-order chi connectivity index (χ0) is 20.8. The Bertz CT molecular complexity index is 1050. The van der Waals surface area contributed by atoms with Gasteiger partial charge in [0.15, 0.2) is 0 Å². The Hall–Kier alpha value is -1.74. The van der Waals surface area contributed by atoms with Gasteiger partial charge in [0.25, 0.3) is 0 Å². The van der Waals surface area contributed by atoms with E-state index in [2.05, 4.69) is 15.9 Å². The van der Waals surface area contributed by atoms with Crippen LogP contribution in [-0.4, -0.2) is 28.1 Å².